The van der Waals surface area contributed by atoms with E-state index in [0.29, 0.717) is 13.2 Å². The lowest BCUT2D eigenvalue weighted by molar-refractivity contribution is -0.131. The fraction of sp³-hybridized carbons (Fsp3) is 0.562. The molecule has 108 valence electrons. The number of hydrogen-bond acceptors (Lipinski definition) is 2. The van der Waals surface area contributed by atoms with Crippen LogP contribution < -0.4 is 5.32 Å². The summed E-state index contributed by atoms with van der Waals surface area (Å²) in [4.78, 5) is 12.4. The van der Waals surface area contributed by atoms with Gasteiger partial charge in [0.25, 0.3) is 0 Å². The number of carbonyl (C=O) groups excluding carboxylic acids is 1. The molecule has 1 saturated carbocycles. The lowest BCUT2D eigenvalue weighted by Gasteiger charge is -2.40. The van der Waals surface area contributed by atoms with Gasteiger partial charge in [-0.3, -0.25) is 4.79 Å². The summed E-state index contributed by atoms with van der Waals surface area (Å²) in [6, 6.07) is 7.83. The minimum atomic E-state index is -0.282. The number of halogens is 1. The molecule has 0 bridgehead atoms. The van der Waals surface area contributed by atoms with E-state index in [1.54, 1.807) is 0 Å². The fourth-order valence-electron chi connectivity index (χ4n) is 2.98. The van der Waals surface area contributed by atoms with Gasteiger partial charge in [0, 0.05) is 24.2 Å². The van der Waals surface area contributed by atoms with Crippen molar-refractivity contribution in [3.05, 3.63) is 34.9 Å². The summed E-state index contributed by atoms with van der Waals surface area (Å²) in [6.45, 7) is 1.38. The smallest absolute Gasteiger partial charge is 0.223 e. The molecule has 1 aliphatic carbocycles. The third-order valence-electron chi connectivity index (χ3n) is 4.58. The molecule has 0 aromatic heterocycles. The van der Waals surface area contributed by atoms with Gasteiger partial charge >= 0.3 is 0 Å². The molecule has 1 aliphatic heterocycles. The summed E-state index contributed by atoms with van der Waals surface area (Å²) in [5.74, 6) is 0.412. The summed E-state index contributed by atoms with van der Waals surface area (Å²) < 4.78 is 5.47. The highest BCUT2D eigenvalue weighted by atomic mass is 35.5. The van der Waals surface area contributed by atoms with E-state index in [0.717, 1.165) is 36.3 Å². The molecule has 2 fully saturated rings. The molecule has 0 atom stereocenters. The van der Waals surface area contributed by atoms with Crippen molar-refractivity contribution in [3.8, 4) is 0 Å². The van der Waals surface area contributed by atoms with Crippen LogP contribution in [0.15, 0.2) is 24.3 Å². The zero-order valence-corrected chi connectivity index (χ0v) is 12.3. The van der Waals surface area contributed by atoms with Crippen LogP contribution in [0.5, 0.6) is 0 Å². The first-order valence-electron chi connectivity index (χ1n) is 7.35. The summed E-state index contributed by atoms with van der Waals surface area (Å²) in [6.07, 6.45) is 4.88. The molecule has 4 heteroatoms. The van der Waals surface area contributed by atoms with Crippen LogP contribution in [-0.4, -0.2) is 19.1 Å². The SMILES string of the molecule is O=C(NC1(c2ccc(Cl)cc2)CCOCC1)C1CCC1. The molecule has 3 nitrogen and oxygen atoms in total. The first kappa shape index (κ1) is 13.9. The van der Waals surface area contributed by atoms with E-state index in [2.05, 4.69) is 5.32 Å². The van der Waals surface area contributed by atoms with E-state index in [1.807, 2.05) is 24.3 Å². The number of amides is 1. The maximum atomic E-state index is 12.4. The summed E-state index contributed by atoms with van der Waals surface area (Å²) in [5, 5.41) is 4.03. The molecule has 1 heterocycles. The van der Waals surface area contributed by atoms with E-state index in [4.69, 9.17) is 16.3 Å². The van der Waals surface area contributed by atoms with Gasteiger partial charge in [-0.05, 0) is 43.4 Å². The summed E-state index contributed by atoms with van der Waals surface area (Å²) >= 11 is 5.97. The van der Waals surface area contributed by atoms with Crippen LogP contribution in [0.25, 0.3) is 0 Å². The number of nitrogens with one attached hydrogen (secondary N) is 1. The lowest BCUT2D eigenvalue weighted by Crippen LogP contribution is -2.52. The first-order chi connectivity index (χ1) is 9.70. The number of benzene rings is 1. The van der Waals surface area contributed by atoms with Gasteiger partial charge in [0.2, 0.25) is 5.91 Å². The van der Waals surface area contributed by atoms with Crippen LogP contribution in [0.3, 0.4) is 0 Å². The van der Waals surface area contributed by atoms with Crippen molar-refractivity contribution in [3.63, 3.8) is 0 Å². The molecule has 1 aromatic rings. The Morgan fingerprint density at radius 1 is 1.20 bits per heavy atom. The molecule has 0 radical (unpaired) electrons. The molecule has 1 saturated heterocycles. The van der Waals surface area contributed by atoms with Gasteiger partial charge < -0.3 is 10.1 Å². The quantitative estimate of drug-likeness (QED) is 0.929. The van der Waals surface area contributed by atoms with Gasteiger partial charge in [-0.15, -0.1) is 0 Å². The van der Waals surface area contributed by atoms with Crippen molar-refractivity contribution in [2.75, 3.05) is 13.2 Å². The van der Waals surface area contributed by atoms with Crippen LogP contribution in [0.1, 0.15) is 37.7 Å². The number of carbonyl (C=O) groups is 1. The number of ether oxygens (including phenoxy) is 1. The average molecular weight is 294 g/mol. The van der Waals surface area contributed by atoms with Gasteiger partial charge in [0.1, 0.15) is 0 Å². The van der Waals surface area contributed by atoms with Gasteiger partial charge in [-0.25, -0.2) is 0 Å². The Morgan fingerprint density at radius 2 is 1.85 bits per heavy atom. The zero-order valence-electron chi connectivity index (χ0n) is 11.5. The normalized spacial score (nSPS) is 22.1. The van der Waals surface area contributed by atoms with Gasteiger partial charge in [0.05, 0.1) is 5.54 Å². The summed E-state index contributed by atoms with van der Waals surface area (Å²) in [7, 11) is 0. The van der Waals surface area contributed by atoms with Crippen LogP contribution in [0, 0.1) is 5.92 Å². The second kappa shape index (κ2) is 5.74. The third-order valence-corrected chi connectivity index (χ3v) is 4.83. The zero-order chi connectivity index (χ0) is 14.0. The highest BCUT2D eigenvalue weighted by molar-refractivity contribution is 6.30. The van der Waals surface area contributed by atoms with E-state index in [9.17, 15) is 4.79 Å². The lowest BCUT2D eigenvalue weighted by atomic mass is 9.79. The molecule has 1 amide bonds. The van der Waals surface area contributed by atoms with E-state index in [-0.39, 0.29) is 17.4 Å². The standard InChI is InChI=1S/C16H20ClNO2/c17-14-6-4-13(5-7-14)16(8-10-20-11-9-16)18-15(19)12-2-1-3-12/h4-7,12H,1-3,8-11H2,(H,18,19). The van der Waals surface area contributed by atoms with E-state index >= 15 is 0 Å². The van der Waals surface area contributed by atoms with E-state index in [1.165, 1.54) is 6.42 Å². The van der Waals surface area contributed by atoms with Gasteiger partial charge in [-0.2, -0.15) is 0 Å². The summed E-state index contributed by atoms with van der Waals surface area (Å²) in [5.41, 5.74) is 0.855. The van der Waals surface area contributed by atoms with Crippen molar-refractivity contribution in [1.82, 2.24) is 5.32 Å². The fourth-order valence-corrected chi connectivity index (χ4v) is 3.11. The topological polar surface area (TPSA) is 38.3 Å². The predicted octanol–water partition coefficient (Wildman–Crippen LogP) is 3.26. The molecule has 0 spiro atoms. The second-order valence-electron chi connectivity index (χ2n) is 5.82. The van der Waals surface area contributed by atoms with Gasteiger partial charge in [-0.1, -0.05) is 30.2 Å². The van der Waals surface area contributed by atoms with Crippen LogP contribution in [0.4, 0.5) is 0 Å². The molecule has 1 N–H and O–H groups in total. The molecule has 20 heavy (non-hydrogen) atoms. The van der Waals surface area contributed by atoms with Crippen LogP contribution in [-0.2, 0) is 15.1 Å². The molecule has 3 rings (SSSR count). The molecule has 1 aromatic carbocycles. The van der Waals surface area contributed by atoms with E-state index < -0.39 is 0 Å². The van der Waals surface area contributed by atoms with Crippen LogP contribution >= 0.6 is 11.6 Å². The Balaban J connectivity index is 1.83. The van der Waals surface area contributed by atoms with Crippen molar-refractivity contribution in [1.29, 1.82) is 0 Å². The van der Waals surface area contributed by atoms with Crippen molar-refractivity contribution in [2.45, 2.75) is 37.6 Å². The predicted molar refractivity (Wildman–Crippen MR) is 78.7 cm³/mol. The third kappa shape index (κ3) is 2.70. The monoisotopic (exact) mass is 293 g/mol. The van der Waals surface area contributed by atoms with Crippen molar-refractivity contribution >= 4 is 17.5 Å². The number of rotatable bonds is 3. The molecule has 2 aliphatic rings. The Hall–Kier alpha value is -1.06. The Morgan fingerprint density at radius 3 is 2.40 bits per heavy atom. The van der Waals surface area contributed by atoms with Crippen molar-refractivity contribution in [2.24, 2.45) is 5.92 Å². The Bertz CT molecular complexity index is 476. The minimum Gasteiger partial charge on any atom is -0.381 e. The Kier molecular flexibility index (Phi) is 3.99. The van der Waals surface area contributed by atoms with Gasteiger partial charge in [0.15, 0.2) is 0 Å². The maximum Gasteiger partial charge on any atom is 0.223 e. The van der Waals surface area contributed by atoms with Crippen molar-refractivity contribution < 1.29 is 9.53 Å². The van der Waals surface area contributed by atoms with Crippen LogP contribution in [0.2, 0.25) is 5.02 Å². The molecular formula is C16H20ClNO2. The minimum absolute atomic E-state index is 0.202. The maximum absolute atomic E-state index is 12.4. The second-order valence-corrected chi connectivity index (χ2v) is 6.25. The highest BCUT2D eigenvalue weighted by Gasteiger charge is 2.38. The first-order valence-corrected chi connectivity index (χ1v) is 7.73. The Labute approximate surface area is 124 Å². The largest absolute Gasteiger partial charge is 0.381 e. The average Bonchev–Trinajstić information content (AvgIpc) is 2.38. The number of hydrogen-bond donors (Lipinski definition) is 1. The molecular weight excluding hydrogens is 274 g/mol. The highest BCUT2D eigenvalue weighted by Crippen LogP contribution is 2.35. The molecule has 0 unspecified atom stereocenters.